The van der Waals surface area contributed by atoms with Crippen molar-refractivity contribution in [1.82, 2.24) is 4.98 Å². The van der Waals surface area contributed by atoms with Crippen molar-refractivity contribution < 1.29 is 9.53 Å². The Kier molecular flexibility index (Phi) is 3.97. The molecule has 18 heavy (non-hydrogen) atoms. The average molecular weight is 289 g/mol. The van der Waals surface area contributed by atoms with Crippen LogP contribution in [0.4, 0.5) is 5.69 Å². The van der Waals surface area contributed by atoms with Crippen LogP contribution >= 0.6 is 23.2 Å². The van der Waals surface area contributed by atoms with E-state index >= 15 is 0 Å². The van der Waals surface area contributed by atoms with Crippen molar-refractivity contribution in [2.75, 3.05) is 19.0 Å². The number of hydrogen-bond acceptors (Lipinski definition) is 4. The van der Waals surface area contributed by atoms with Crippen molar-refractivity contribution in [1.29, 1.82) is 0 Å². The first-order valence-corrected chi connectivity index (χ1v) is 6.48. The molecule has 0 atom stereocenters. The Morgan fingerprint density at radius 2 is 2.17 bits per heavy atom. The number of ether oxygens (including phenoxy) is 1. The van der Waals surface area contributed by atoms with Crippen molar-refractivity contribution in [2.45, 2.75) is 19.8 Å². The maximum Gasteiger partial charge on any atom is 0.357 e. The number of methoxy groups -OCH3 is 1. The van der Waals surface area contributed by atoms with Crippen LogP contribution in [0.25, 0.3) is 0 Å². The van der Waals surface area contributed by atoms with E-state index in [0.717, 1.165) is 6.54 Å². The summed E-state index contributed by atoms with van der Waals surface area (Å²) in [6.07, 6.45) is 2.46. The Balaban J connectivity index is 2.34. The molecular formula is C12H14Cl2N2O2. The summed E-state index contributed by atoms with van der Waals surface area (Å²) in [6.45, 7) is 2.61. The summed E-state index contributed by atoms with van der Waals surface area (Å²) < 4.78 is 4.67. The SMILES string of the molecule is COC(=O)c1nc(Cl)c(Cl)c(NCC2CC2)c1C. The number of pyridine rings is 1. The molecule has 1 N–H and O–H groups in total. The first-order chi connectivity index (χ1) is 8.54. The normalized spacial score (nSPS) is 14.4. The van der Waals surface area contributed by atoms with Gasteiger partial charge in [0.25, 0.3) is 0 Å². The lowest BCUT2D eigenvalue weighted by Gasteiger charge is -2.14. The van der Waals surface area contributed by atoms with Gasteiger partial charge in [0.05, 0.1) is 12.8 Å². The number of esters is 1. The summed E-state index contributed by atoms with van der Waals surface area (Å²) in [5.41, 5.74) is 1.53. The Hall–Kier alpha value is -1.00. The van der Waals surface area contributed by atoms with Gasteiger partial charge in [-0.1, -0.05) is 23.2 Å². The van der Waals surface area contributed by atoms with Gasteiger partial charge in [0.1, 0.15) is 5.02 Å². The maximum atomic E-state index is 11.6. The van der Waals surface area contributed by atoms with E-state index in [1.165, 1.54) is 20.0 Å². The summed E-state index contributed by atoms with van der Waals surface area (Å²) in [4.78, 5) is 15.6. The molecule has 0 aliphatic heterocycles. The molecule has 1 heterocycles. The van der Waals surface area contributed by atoms with Crippen LogP contribution in [0.15, 0.2) is 0 Å². The number of nitrogens with one attached hydrogen (secondary N) is 1. The fraction of sp³-hybridized carbons (Fsp3) is 0.500. The van der Waals surface area contributed by atoms with Crippen LogP contribution in [0, 0.1) is 12.8 Å². The molecule has 0 aromatic carbocycles. The molecule has 2 rings (SSSR count). The quantitative estimate of drug-likeness (QED) is 0.682. The highest BCUT2D eigenvalue weighted by atomic mass is 35.5. The van der Waals surface area contributed by atoms with Gasteiger partial charge in [0, 0.05) is 12.1 Å². The Morgan fingerprint density at radius 3 is 2.72 bits per heavy atom. The van der Waals surface area contributed by atoms with Gasteiger partial charge in [-0.3, -0.25) is 0 Å². The van der Waals surface area contributed by atoms with Gasteiger partial charge < -0.3 is 10.1 Å². The van der Waals surface area contributed by atoms with E-state index in [1.54, 1.807) is 6.92 Å². The van der Waals surface area contributed by atoms with E-state index in [4.69, 9.17) is 23.2 Å². The van der Waals surface area contributed by atoms with Crippen LogP contribution in [-0.4, -0.2) is 24.6 Å². The molecule has 0 spiro atoms. The molecule has 1 aromatic rings. The van der Waals surface area contributed by atoms with E-state index in [1.807, 2.05) is 0 Å². The molecule has 1 saturated carbocycles. The largest absolute Gasteiger partial charge is 0.464 e. The molecule has 1 aliphatic carbocycles. The second-order valence-electron chi connectivity index (χ2n) is 4.38. The maximum absolute atomic E-state index is 11.6. The summed E-state index contributed by atoms with van der Waals surface area (Å²) in [5, 5.41) is 3.70. The van der Waals surface area contributed by atoms with Crippen molar-refractivity contribution >= 4 is 34.9 Å². The van der Waals surface area contributed by atoms with E-state index < -0.39 is 5.97 Å². The van der Waals surface area contributed by atoms with E-state index in [-0.39, 0.29) is 10.8 Å². The van der Waals surface area contributed by atoms with Gasteiger partial charge in [0.15, 0.2) is 10.8 Å². The summed E-state index contributed by atoms with van der Waals surface area (Å²) >= 11 is 12.0. The molecule has 0 saturated heterocycles. The third-order valence-electron chi connectivity index (χ3n) is 2.98. The van der Waals surface area contributed by atoms with Gasteiger partial charge in [-0.2, -0.15) is 0 Å². The van der Waals surface area contributed by atoms with E-state index in [9.17, 15) is 4.79 Å². The van der Waals surface area contributed by atoms with Crippen molar-refractivity contribution in [2.24, 2.45) is 5.92 Å². The number of hydrogen-bond donors (Lipinski definition) is 1. The number of nitrogens with zero attached hydrogens (tertiary/aromatic N) is 1. The molecule has 4 nitrogen and oxygen atoms in total. The van der Waals surface area contributed by atoms with Crippen LogP contribution in [0.5, 0.6) is 0 Å². The van der Waals surface area contributed by atoms with Crippen LogP contribution in [0.2, 0.25) is 10.2 Å². The lowest BCUT2D eigenvalue weighted by molar-refractivity contribution is 0.0593. The molecule has 1 aliphatic rings. The summed E-state index contributed by atoms with van der Waals surface area (Å²) in [6, 6.07) is 0. The van der Waals surface area contributed by atoms with E-state index in [2.05, 4.69) is 15.0 Å². The predicted molar refractivity (Wildman–Crippen MR) is 71.5 cm³/mol. The van der Waals surface area contributed by atoms with Gasteiger partial charge >= 0.3 is 5.97 Å². The highest BCUT2D eigenvalue weighted by Gasteiger charge is 2.24. The number of anilines is 1. The minimum atomic E-state index is -0.513. The number of carbonyl (C=O) groups is 1. The standard InChI is InChI=1S/C12H14Cl2N2O2/c1-6-9(15-5-7-3-4-7)8(13)11(14)16-10(6)12(17)18-2/h7H,3-5H2,1-2H3,(H,15,16). The van der Waals surface area contributed by atoms with Gasteiger partial charge in [-0.25, -0.2) is 9.78 Å². The van der Waals surface area contributed by atoms with Gasteiger partial charge in [0.2, 0.25) is 0 Å². The minimum absolute atomic E-state index is 0.112. The number of rotatable bonds is 4. The van der Waals surface area contributed by atoms with Crippen LogP contribution in [0.3, 0.4) is 0 Å². The summed E-state index contributed by atoms with van der Waals surface area (Å²) in [7, 11) is 1.31. The monoisotopic (exact) mass is 288 g/mol. The first kappa shape index (κ1) is 13.4. The highest BCUT2D eigenvalue weighted by Crippen LogP contribution is 2.35. The Morgan fingerprint density at radius 1 is 1.50 bits per heavy atom. The minimum Gasteiger partial charge on any atom is -0.464 e. The number of aromatic nitrogens is 1. The fourth-order valence-electron chi connectivity index (χ4n) is 1.69. The zero-order valence-corrected chi connectivity index (χ0v) is 11.7. The molecule has 0 unspecified atom stereocenters. The van der Waals surface area contributed by atoms with Crippen LogP contribution < -0.4 is 5.32 Å². The van der Waals surface area contributed by atoms with Crippen molar-refractivity contribution in [3.63, 3.8) is 0 Å². The van der Waals surface area contributed by atoms with Gasteiger partial charge in [-0.05, 0) is 25.7 Å². The Labute approximate surface area is 116 Å². The molecule has 1 aromatic heterocycles. The number of carbonyl (C=O) groups excluding carboxylic acids is 1. The third kappa shape index (κ3) is 2.70. The fourth-order valence-corrected chi connectivity index (χ4v) is 2.12. The highest BCUT2D eigenvalue weighted by molar-refractivity contribution is 6.43. The number of halogens is 2. The second-order valence-corrected chi connectivity index (χ2v) is 5.12. The molecular weight excluding hydrogens is 275 g/mol. The second kappa shape index (κ2) is 5.33. The Bertz CT molecular complexity index is 487. The molecule has 0 radical (unpaired) electrons. The van der Waals surface area contributed by atoms with Crippen LogP contribution in [-0.2, 0) is 4.74 Å². The molecule has 6 heteroatoms. The molecule has 0 bridgehead atoms. The van der Waals surface area contributed by atoms with E-state index in [0.29, 0.717) is 22.2 Å². The molecule has 0 amide bonds. The summed E-state index contributed by atoms with van der Waals surface area (Å²) in [5.74, 6) is 0.175. The van der Waals surface area contributed by atoms with Crippen molar-refractivity contribution in [3.05, 3.63) is 21.4 Å². The molecule has 98 valence electrons. The molecule has 1 fully saturated rings. The topological polar surface area (TPSA) is 51.2 Å². The smallest absolute Gasteiger partial charge is 0.357 e. The van der Waals surface area contributed by atoms with Gasteiger partial charge in [-0.15, -0.1) is 0 Å². The van der Waals surface area contributed by atoms with Crippen LogP contribution in [0.1, 0.15) is 28.9 Å². The predicted octanol–water partition coefficient (Wildman–Crippen LogP) is 3.31. The third-order valence-corrected chi connectivity index (χ3v) is 3.72. The lowest BCUT2D eigenvalue weighted by atomic mass is 10.1. The zero-order valence-electron chi connectivity index (χ0n) is 10.2. The first-order valence-electron chi connectivity index (χ1n) is 5.72. The lowest BCUT2D eigenvalue weighted by Crippen LogP contribution is -2.12. The van der Waals surface area contributed by atoms with Crippen molar-refractivity contribution in [3.8, 4) is 0 Å². The average Bonchev–Trinajstić information content (AvgIpc) is 3.17. The zero-order chi connectivity index (χ0) is 13.3.